The molecule has 0 unspecified atom stereocenters. The number of hydrogen-bond donors (Lipinski definition) is 3. The lowest BCUT2D eigenvalue weighted by Gasteiger charge is -2.28. The van der Waals surface area contributed by atoms with Crippen LogP contribution in [0, 0.1) is 5.92 Å². The lowest BCUT2D eigenvalue weighted by Crippen LogP contribution is -2.35. The van der Waals surface area contributed by atoms with Gasteiger partial charge >= 0.3 is 24.3 Å². The third kappa shape index (κ3) is 10.1. The fourth-order valence-electron chi connectivity index (χ4n) is 3.07. The first-order chi connectivity index (χ1) is 17.2. The Morgan fingerprint density at radius 2 is 1.59 bits per heavy atom. The highest BCUT2D eigenvalue weighted by atomic mass is 19.4. The lowest BCUT2D eigenvalue weighted by molar-refractivity contribution is -0.193. The van der Waals surface area contributed by atoms with E-state index < -0.39 is 24.3 Å². The van der Waals surface area contributed by atoms with Gasteiger partial charge in [-0.3, -0.25) is 14.7 Å². The Balaban J connectivity index is 0.000000286. The Labute approximate surface area is 205 Å². The van der Waals surface area contributed by atoms with Crippen LogP contribution in [-0.2, 0) is 40.6 Å². The van der Waals surface area contributed by atoms with Crippen LogP contribution >= 0.6 is 0 Å². The van der Waals surface area contributed by atoms with Crippen LogP contribution in [0.5, 0.6) is 0 Å². The van der Waals surface area contributed by atoms with Gasteiger partial charge in [-0.2, -0.15) is 26.3 Å². The maximum Gasteiger partial charge on any atom is 0.490 e. The van der Waals surface area contributed by atoms with Crippen LogP contribution in [0.3, 0.4) is 0 Å². The van der Waals surface area contributed by atoms with Crippen molar-refractivity contribution in [3.8, 4) is 0 Å². The molecule has 4 rings (SSSR count). The van der Waals surface area contributed by atoms with Crippen LogP contribution in [0.25, 0.3) is 0 Å². The molecule has 1 fully saturated rings. The summed E-state index contributed by atoms with van der Waals surface area (Å²) in [6, 6.07) is 4.08. The molecule has 0 spiro atoms. The number of rotatable bonds is 5. The summed E-state index contributed by atoms with van der Waals surface area (Å²) < 4.78 is 65.7. The topological polar surface area (TPSA) is 138 Å². The number of carbonyl (C=O) groups excluding carboxylic acids is 1. The number of aliphatic carboxylic acids is 2. The van der Waals surface area contributed by atoms with Crippen LogP contribution in [0.1, 0.15) is 29.9 Å². The van der Waals surface area contributed by atoms with Crippen molar-refractivity contribution >= 4 is 17.8 Å². The van der Waals surface area contributed by atoms with Gasteiger partial charge in [0.15, 0.2) is 0 Å². The molecule has 2 aromatic heterocycles. The summed E-state index contributed by atoms with van der Waals surface area (Å²) in [5.41, 5.74) is 2.33. The van der Waals surface area contributed by atoms with E-state index in [1.165, 1.54) is 5.56 Å². The fraction of sp³-hybridized carbons (Fsp3) is 0.476. The fourth-order valence-corrected chi connectivity index (χ4v) is 3.07. The van der Waals surface area contributed by atoms with Gasteiger partial charge in [0.25, 0.3) is 0 Å². The van der Waals surface area contributed by atoms with Gasteiger partial charge in [0, 0.05) is 37.9 Å². The van der Waals surface area contributed by atoms with E-state index in [1.54, 1.807) is 6.20 Å². The number of amides is 1. The van der Waals surface area contributed by atoms with E-state index >= 15 is 0 Å². The predicted octanol–water partition coefficient (Wildman–Crippen LogP) is 2.59. The minimum Gasteiger partial charge on any atom is -0.475 e. The third-order valence-electron chi connectivity index (χ3n) is 5.03. The van der Waals surface area contributed by atoms with Gasteiger partial charge in [-0.15, -0.1) is 0 Å². The number of hydrogen-bond acceptors (Lipinski definition) is 6. The van der Waals surface area contributed by atoms with Crippen molar-refractivity contribution in [3.63, 3.8) is 0 Å². The van der Waals surface area contributed by atoms with Crippen molar-refractivity contribution in [2.24, 2.45) is 5.92 Å². The molecule has 2 aliphatic rings. The quantitative estimate of drug-likeness (QED) is 0.493. The Morgan fingerprint density at radius 1 is 1.00 bits per heavy atom. The molecule has 0 saturated heterocycles. The van der Waals surface area contributed by atoms with Gasteiger partial charge in [-0.25, -0.2) is 14.6 Å². The number of carbonyl (C=O) groups is 3. The first kappa shape index (κ1) is 29.5. The van der Waals surface area contributed by atoms with Crippen molar-refractivity contribution in [1.29, 1.82) is 0 Å². The van der Waals surface area contributed by atoms with Crippen LogP contribution in [0.4, 0.5) is 26.3 Å². The standard InChI is InChI=1S/C17H21N5O.2C2HF3O2/c23-17(14-3-4-14)20-10-15-9-19-16-12-21(6-7-22(15)16)11-13-2-1-5-18-8-13;2*3-2(4,5)1(6)7/h1-2,5,8-9,14H,3-4,6-7,10-12H2,(H,20,23);2*(H,6,7). The van der Waals surface area contributed by atoms with Gasteiger partial charge in [-0.1, -0.05) is 6.07 Å². The average molecular weight is 539 g/mol. The number of imidazole rings is 1. The first-order valence-corrected chi connectivity index (χ1v) is 10.7. The highest BCUT2D eigenvalue weighted by Gasteiger charge is 2.39. The number of carboxylic acids is 2. The maximum atomic E-state index is 11.8. The molecule has 1 aliphatic heterocycles. The molecule has 204 valence electrons. The molecule has 2 aromatic rings. The molecule has 37 heavy (non-hydrogen) atoms. The van der Waals surface area contributed by atoms with E-state index in [4.69, 9.17) is 19.8 Å². The zero-order valence-electron chi connectivity index (χ0n) is 19.1. The molecule has 1 amide bonds. The molecule has 0 bridgehead atoms. The Kier molecular flexibility index (Phi) is 9.99. The molecule has 3 heterocycles. The summed E-state index contributed by atoms with van der Waals surface area (Å²) >= 11 is 0. The minimum absolute atomic E-state index is 0.189. The number of alkyl halides is 6. The summed E-state index contributed by atoms with van der Waals surface area (Å²) in [4.78, 5) is 40.7. The van der Waals surface area contributed by atoms with Crippen LogP contribution < -0.4 is 5.32 Å². The maximum absolute atomic E-state index is 11.8. The molecule has 0 aromatic carbocycles. The molecule has 1 aliphatic carbocycles. The Hall–Kier alpha value is -3.69. The van der Waals surface area contributed by atoms with E-state index in [0.29, 0.717) is 6.54 Å². The molecule has 10 nitrogen and oxygen atoms in total. The van der Waals surface area contributed by atoms with Gasteiger partial charge in [0.1, 0.15) is 5.82 Å². The van der Waals surface area contributed by atoms with E-state index in [2.05, 4.69) is 30.8 Å². The average Bonchev–Trinajstić information content (AvgIpc) is 3.59. The summed E-state index contributed by atoms with van der Waals surface area (Å²) in [5, 5.41) is 17.3. The largest absolute Gasteiger partial charge is 0.490 e. The van der Waals surface area contributed by atoms with Crippen LogP contribution in [0.2, 0.25) is 0 Å². The van der Waals surface area contributed by atoms with Crippen LogP contribution in [0.15, 0.2) is 30.7 Å². The highest BCUT2D eigenvalue weighted by Crippen LogP contribution is 2.29. The van der Waals surface area contributed by atoms with Gasteiger partial charge in [-0.05, 0) is 24.5 Å². The van der Waals surface area contributed by atoms with E-state index in [9.17, 15) is 31.1 Å². The normalized spacial score (nSPS) is 15.3. The zero-order valence-corrected chi connectivity index (χ0v) is 19.1. The summed E-state index contributed by atoms with van der Waals surface area (Å²) in [6.07, 6.45) is -2.47. The molecule has 16 heteroatoms. The van der Waals surface area contributed by atoms with Crippen molar-refractivity contribution in [2.45, 2.75) is 51.4 Å². The van der Waals surface area contributed by atoms with Crippen molar-refractivity contribution in [3.05, 3.63) is 47.8 Å². The number of halogens is 6. The van der Waals surface area contributed by atoms with Gasteiger partial charge in [0.2, 0.25) is 5.91 Å². The summed E-state index contributed by atoms with van der Waals surface area (Å²) in [5.74, 6) is -3.99. The molecule has 3 N–H and O–H groups in total. The second-order valence-corrected chi connectivity index (χ2v) is 7.99. The number of nitrogens with one attached hydrogen (secondary N) is 1. The lowest BCUT2D eigenvalue weighted by atomic mass is 10.2. The van der Waals surface area contributed by atoms with Crippen molar-refractivity contribution < 1.29 is 50.9 Å². The second-order valence-electron chi connectivity index (χ2n) is 7.99. The second kappa shape index (κ2) is 12.5. The molecule has 0 atom stereocenters. The Bertz CT molecular complexity index is 1050. The van der Waals surface area contributed by atoms with E-state index in [-0.39, 0.29) is 11.8 Å². The number of aromatic nitrogens is 3. The predicted molar refractivity (Wildman–Crippen MR) is 113 cm³/mol. The number of pyridine rings is 1. The van der Waals surface area contributed by atoms with Gasteiger partial charge < -0.3 is 20.1 Å². The minimum atomic E-state index is -5.08. The van der Waals surface area contributed by atoms with Crippen molar-refractivity contribution in [1.82, 2.24) is 24.8 Å². The smallest absolute Gasteiger partial charge is 0.475 e. The first-order valence-electron chi connectivity index (χ1n) is 10.7. The van der Waals surface area contributed by atoms with Gasteiger partial charge in [0.05, 0.1) is 25.0 Å². The number of fused-ring (bicyclic) bond motifs is 1. The molecule has 1 saturated carbocycles. The summed E-state index contributed by atoms with van der Waals surface area (Å²) in [6.45, 7) is 4.23. The molecular formula is C21H23F6N5O5. The van der Waals surface area contributed by atoms with Crippen molar-refractivity contribution in [2.75, 3.05) is 6.54 Å². The zero-order chi connectivity index (χ0) is 27.8. The van der Waals surface area contributed by atoms with E-state index in [0.717, 1.165) is 50.5 Å². The van der Waals surface area contributed by atoms with E-state index in [1.807, 2.05) is 18.5 Å². The number of carboxylic acid groups (broad SMARTS) is 2. The monoisotopic (exact) mass is 539 g/mol. The summed E-state index contributed by atoms with van der Waals surface area (Å²) in [7, 11) is 0. The molecule has 0 radical (unpaired) electrons. The van der Waals surface area contributed by atoms with Crippen LogP contribution in [-0.4, -0.2) is 66.4 Å². The molecular weight excluding hydrogens is 516 g/mol. The highest BCUT2D eigenvalue weighted by molar-refractivity contribution is 5.80. The third-order valence-corrected chi connectivity index (χ3v) is 5.03. The SMILES string of the molecule is O=C(NCc1cnc2n1CCN(Cc1cccnc1)C2)C1CC1.O=C(O)C(F)(F)F.O=C(O)C(F)(F)F. The number of nitrogens with zero attached hydrogens (tertiary/aromatic N) is 4. The Morgan fingerprint density at radius 3 is 2.08 bits per heavy atom.